The Labute approximate surface area is 148 Å². The Kier molecular flexibility index (Phi) is 7.02. The van der Waals surface area contributed by atoms with Gasteiger partial charge in [0.05, 0.1) is 0 Å². The van der Waals surface area contributed by atoms with E-state index in [1.807, 2.05) is 0 Å². The van der Waals surface area contributed by atoms with Crippen molar-refractivity contribution >= 4 is 63.7 Å². The lowest BCUT2D eigenvalue weighted by Crippen LogP contribution is -2.19. The van der Waals surface area contributed by atoms with Gasteiger partial charge in [-0.05, 0) is 43.0 Å². The predicted octanol–water partition coefficient (Wildman–Crippen LogP) is 4.55. The molecule has 1 aromatic rings. The van der Waals surface area contributed by atoms with Crippen molar-refractivity contribution in [3.05, 3.63) is 55.6 Å². The van der Waals surface area contributed by atoms with Crippen LogP contribution >= 0.6 is 63.7 Å². The van der Waals surface area contributed by atoms with Crippen molar-refractivity contribution in [2.24, 2.45) is 0 Å². The van der Waals surface area contributed by atoms with Gasteiger partial charge >= 0.3 is 0 Å². The first-order chi connectivity index (χ1) is 9.25. The van der Waals surface area contributed by atoms with Crippen LogP contribution in [0.1, 0.15) is 20.8 Å². The lowest BCUT2D eigenvalue weighted by Gasteiger charge is -2.15. The van der Waals surface area contributed by atoms with E-state index < -0.39 is 29.4 Å². The molecule has 0 N–H and O–H groups in total. The fraction of sp³-hybridized carbons (Fsp3) is 0.400. The number of halogens is 4. The van der Waals surface area contributed by atoms with Crippen molar-refractivity contribution in [2.45, 2.75) is 19.6 Å². The number of hydrogen-bond acceptors (Lipinski definition) is 4. The first-order valence-corrected chi connectivity index (χ1v) is 8.85. The highest BCUT2D eigenvalue weighted by molar-refractivity contribution is 9.12. The highest BCUT2D eigenvalue weighted by atomic mass is 79.9. The lowest BCUT2D eigenvalue weighted by atomic mass is 10.1. The van der Waals surface area contributed by atoms with Gasteiger partial charge in [0.1, 0.15) is 9.65 Å². The third-order valence-electron chi connectivity index (χ3n) is 2.43. The molecule has 0 saturated heterocycles. The fourth-order valence-electron chi connectivity index (χ4n) is 1.43. The summed E-state index contributed by atoms with van der Waals surface area (Å²) >= 11 is 12.5. The molecule has 0 aromatic heterocycles. The monoisotopic (exact) mass is 536 g/mol. The second-order valence-corrected chi connectivity index (χ2v) is 7.64. The normalized spacial score (nSPS) is 17.0. The molecule has 20 heavy (non-hydrogen) atoms. The highest BCUT2D eigenvalue weighted by Crippen LogP contribution is 2.36. The van der Waals surface area contributed by atoms with E-state index in [4.69, 9.17) is 0 Å². The van der Waals surface area contributed by atoms with Crippen LogP contribution in [-0.4, -0.2) is 19.7 Å². The van der Waals surface area contributed by atoms with Gasteiger partial charge in [0.2, 0.25) is 0 Å². The van der Waals surface area contributed by atoms with Gasteiger partial charge in [-0.3, -0.25) is 20.2 Å². The largest absolute Gasteiger partial charge is 0.282 e. The van der Waals surface area contributed by atoms with Crippen molar-refractivity contribution in [1.82, 2.24) is 0 Å². The Morgan fingerprint density at radius 2 is 1.20 bits per heavy atom. The number of alkyl halides is 4. The molecular formula is C10H8Br4N2O4. The van der Waals surface area contributed by atoms with E-state index >= 15 is 0 Å². The average Bonchev–Trinajstić information content (AvgIpc) is 2.43. The molecule has 0 saturated carbocycles. The van der Waals surface area contributed by atoms with Crippen LogP contribution in [0.2, 0.25) is 0 Å². The van der Waals surface area contributed by atoms with E-state index in [9.17, 15) is 20.2 Å². The van der Waals surface area contributed by atoms with Crippen molar-refractivity contribution < 1.29 is 9.85 Å². The number of rotatable bonds is 6. The number of hydrogen-bond donors (Lipinski definition) is 0. The minimum Gasteiger partial charge on any atom is -0.263 e. The molecule has 10 heteroatoms. The smallest absolute Gasteiger partial charge is 0.263 e. The Morgan fingerprint density at radius 3 is 1.50 bits per heavy atom. The third-order valence-corrected chi connectivity index (χ3v) is 7.64. The summed E-state index contributed by atoms with van der Waals surface area (Å²) in [4.78, 5) is 17.5. The maximum Gasteiger partial charge on any atom is 0.282 e. The van der Waals surface area contributed by atoms with Crippen molar-refractivity contribution in [1.29, 1.82) is 0 Å². The highest BCUT2D eigenvalue weighted by Gasteiger charge is 2.30. The van der Waals surface area contributed by atoms with E-state index in [0.717, 1.165) is 0 Å². The minimum absolute atomic E-state index is 0.456. The molecule has 0 radical (unpaired) electrons. The van der Waals surface area contributed by atoms with Gasteiger partial charge in [-0.15, -0.1) is 0 Å². The molecule has 1 aromatic carbocycles. The van der Waals surface area contributed by atoms with Crippen LogP contribution in [0.15, 0.2) is 24.3 Å². The zero-order valence-corrected chi connectivity index (χ0v) is 16.0. The third kappa shape index (κ3) is 4.47. The maximum atomic E-state index is 10.8. The second kappa shape index (κ2) is 7.81. The van der Waals surface area contributed by atoms with Crippen LogP contribution in [0, 0.1) is 20.2 Å². The molecule has 0 bridgehead atoms. The molecule has 4 atom stereocenters. The molecular weight excluding hydrogens is 532 g/mol. The number of nitro groups is 2. The lowest BCUT2D eigenvalue weighted by molar-refractivity contribution is -0.492. The van der Waals surface area contributed by atoms with E-state index in [0.29, 0.717) is 11.1 Å². The number of nitrogens with zero attached hydrogens (tertiary/aromatic N) is 2. The summed E-state index contributed by atoms with van der Waals surface area (Å²) < 4.78 is 0. The second-order valence-electron chi connectivity index (χ2n) is 3.79. The first kappa shape index (κ1) is 18.0. The standard InChI is InChI=1S/C10H8Br4N2O4/c11-7(9(13)15(17)18)5-2-1-3-6(4-5)8(12)10(14)16(19)20/h1-4,7-10H/t7-,8-,9+,10+/m1/s1. The Balaban J connectivity index is 3.01. The molecule has 0 spiro atoms. The molecule has 0 aliphatic heterocycles. The topological polar surface area (TPSA) is 86.3 Å². The molecule has 0 amide bonds. The predicted molar refractivity (Wildman–Crippen MR) is 89.2 cm³/mol. The fourth-order valence-corrected chi connectivity index (χ4v) is 3.00. The van der Waals surface area contributed by atoms with Crippen LogP contribution < -0.4 is 0 Å². The minimum atomic E-state index is -0.984. The molecule has 6 nitrogen and oxygen atoms in total. The summed E-state index contributed by atoms with van der Waals surface area (Å²) in [5.74, 6) is 0. The molecule has 0 unspecified atom stereocenters. The van der Waals surface area contributed by atoms with Gasteiger partial charge in [0, 0.05) is 9.85 Å². The van der Waals surface area contributed by atoms with Crippen molar-refractivity contribution in [3.8, 4) is 0 Å². The molecule has 0 aliphatic carbocycles. The van der Waals surface area contributed by atoms with Crippen LogP contribution in [0.4, 0.5) is 0 Å². The maximum absolute atomic E-state index is 10.8. The summed E-state index contributed by atoms with van der Waals surface area (Å²) in [6.45, 7) is 0. The van der Waals surface area contributed by atoms with Crippen LogP contribution in [0.25, 0.3) is 0 Å². The SMILES string of the molecule is O=[N+]([O-])[C@H](Br)[C@H](Br)c1cccc([C@@H](Br)[C@@H](Br)[N+](=O)[O-])c1. The summed E-state index contributed by atoms with van der Waals surface area (Å²) in [7, 11) is 0. The van der Waals surface area contributed by atoms with E-state index in [-0.39, 0.29) is 0 Å². The summed E-state index contributed by atoms with van der Waals surface area (Å²) in [6, 6.07) is 6.83. The van der Waals surface area contributed by atoms with E-state index in [1.54, 1.807) is 24.3 Å². The Hall–Kier alpha value is -0.0600. The molecule has 1 rings (SSSR count). The van der Waals surface area contributed by atoms with Crippen molar-refractivity contribution in [2.75, 3.05) is 0 Å². The van der Waals surface area contributed by atoms with Crippen LogP contribution in [0.3, 0.4) is 0 Å². The summed E-state index contributed by atoms with van der Waals surface area (Å²) in [5, 5.41) is 21.5. The average molecular weight is 540 g/mol. The Bertz CT molecular complexity index is 475. The van der Waals surface area contributed by atoms with Crippen LogP contribution in [-0.2, 0) is 0 Å². The molecule has 0 aliphatic rings. The van der Waals surface area contributed by atoms with Gasteiger partial charge in [-0.2, -0.15) is 0 Å². The van der Waals surface area contributed by atoms with Gasteiger partial charge in [-0.1, -0.05) is 56.1 Å². The van der Waals surface area contributed by atoms with E-state index in [2.05, 4.69) is 63.7 Å². The first-order valence-electron chi connectivity index (χ1n) is 5.18. The molecule has 0 fully saturated rings. The van der Waals surface area contributed by atoms with Crippen molar-refractivity contribution in [3.63, 3.8) is 0 Å². The van der Waals surface area contributed by atoms with E-state index in [1.165, 1.54) is 0 Å². The van der Waals surface area contributed by atoms with Gasteiger partial charge in [0.15, 0.2) is 0 Å². The zero-order valence-electron chi connectivity index (χ0n) is 9.66. The summed E-state index contributed by atoms with van der Waals surface area (Å²) in [5.41, 5.74) is 1.32. The number of benzene rings is 1. The quantitative estimate of drug-likeness (QED) is 0.230. The molecule has 110 valence electrons. The van der Waals surface area contributed by atoms with Gasteiger partial charge < -0.3 is 0 Å². The van der Waals surface area contributed by atoms with Crippen LogP contribution in [0.5, 0.6) is 0 Å². The van der Waals surface area contributed by atoms with Gasteiger partial charge in [-0.25, -0.2) is 0 Å². The molecule has 0 heterocycles. The Morgan fingerprint density at radius 1 is 0.850 bits per heavy atom. The zero-order chi connectivity index (χ0) is 15.4. The summed E-state index contributed by atoms with van der Waals surface area (Å²) in [6.07, 6.45) is 0. The van der Waals surface area contributed by atoms with Gasteiger partial charge in [0.25, 0.3) is 9.90 Å².